The minimum absolute atomic E-state index is 0.0617. The minimum atomic E-state index is -1.27. The van der Waals surface area contributed by atoms with Gasteiger partial charge in [-0.15, -0.1) is 0 Å². The van der Waals surface area contributed by atoms with E-state index >= 15 is 0 Å². The summed E-state index contributed by atoms with van der Waals surface area (Å²) < 4.78 is 10.4. The van der Waals surface area contributed by atoms with E-state index in [9.17, 15) is 24.6 Å². The summed E-state index contributed by atoms with van der Waals surface area (Å²) in [6.07, 6.45) is -1.96. The first-order chi connectivity index (χ1) is 18.4. The number of phenols is 1. The van der Waals surface area contributed by atoms with Crippen molar-refractivity contribution in [2.45, 2.75) is 30.5 Å². The normalized spacial score (nSPS) is 19.0. The molecule has 1 aliphatic heterocycles. The van der Waals surface area contributed by atoms with Crippen molar-refractivity contribution in [3.8, 4) is 16.9 Å². The summed E-state index contributed by atoms with van der Waals surface area (Å²) in [5.41, 5.74) is 4.99. The number of hydrogen-bond donors (Lipinski definition) is 3. The molecule has 3 aromatic carbocycles. The average molecular weight is 517 g/mol. The number of β-amino-alcohol motifs (C(OH)–C–C–N with tert-alkyl or cyclic N) is 1. The number of esters is 1. The van der Waals surface area contributed by atoms with Crippen molar-refractivity contribution in [3.05, 3.63) is 89.5 Å². The Morgan fingerprint density at radius 2 is 1.61 bits per heavy atom. The molecule has 1 saturated heterocycles. The zero-order chi connectivity index (χ0) is 26.8. The van der Waals surface area contributed by atoms with Crippen LogP contribution in [0, 0.1) is 0 Å². The van der Waals surface area contributed by atoms with Crippen LogP contribution in [0.1, 0.15) is 22.6 Å². The number of nitrogens with one attached hydrogen (secondary N) is 1. The van der Waals surface area contributed by atoms with Gasteiger partial charge in [-0.1, -0.05) is 60.7 Å². The lowest BCUT2D eigenvalue weighted by Crippen LogP contribution is -2.49. The highest BCUT2D eigenvalue weighted by atomic mass is 16.5. The van der Waals surface area contributed by atoms with Gasteiger partial charge in [-0.2, -0.15) is 0 Å². The van der Waals surface area contributed by atoms with Gasteiger partial charge >= 0.3 is 12.1 Å². The van der Waals surface area contributed by atoms with E-state index in [1.165, 1.54) is 24.1 Å². The van der Waals surface area contributed by atoms with E-state index in [2.05, 4.69) is 5.32 Å². The molecule has 9 heteroatoms. The molecule has 38 heavy (non-hydrogen) atoms. The maximum atomic E-state index is 13.2. The highest BCUT2D eigenvalue weighted by molar-refractivity contribution is 5.92. The van der Waals surface area contributed by atoms with Crippen molar-refractivity contribution in [2.24, 2.45) is 0 Å². The topological polar surface area (TPSA) is 125 Å². The van der Waals surface area contributed by atoms with Gasteiger partial charge in [0.15, 0.2) is 0 Å². The second-order valence-electron chi connectivity index (χ2n) is 9.42. The molecule has 0 radical (unpaired) electrons. The molecule has 2 amide bonds. The number of aliphatic hydroxyl groups is 1. The molecule has 0 bridgehead atoms. The number of hydrogen-bond acceptors (Lipinski definition) is 7. The lowest BCUT2D eigenvalue weighted by Gasteiger charge is -2.26. The van der Waals surface area contributed by atoms with E-state index in [0.29, 0.717) is 5.56 Å². The van der Waals surface area contributed by atoms with Gasteiger partial charge in [-0.25, -0.2) is 9.59 Å². The Bertz CT molecular complexity index is 1310. The van der Waals surface area contributed by atoms with Crippen molar-refractivity contribution in [1.82, 2.24) is 10.2 Å². The van der Waals surface area contributed by atoms with Gasteiger partial charge in [0.05, 0.1) is 13.7 Å². The summed E-state index contributed by atoms with van der Waals surface area (Å²) in [5, 5.41) is 22.6. The van der Waals surface area contributed by atoms with Gasteiger partial charge in [-0.3, -0.25) is 4.79 Å². The number of likely N-dealkylation sites (tertiary alicyclic amines) is 1. The van der Waals surface area contributed by atoms with Gasteiger partial charge < -0.3 is 29.9 Å². The number of carbonyl (C=O) groups excluding carboxylic acids is 3. The van der Waals surface area contributed by atoms with Crippen molar-refractivity contribution in [1.29, 1.82) is 0 Å². The number of ether oxygens (including phenoxy) is 2. The molecule has 1 fully saturated rings. The molecular weight excluding hydrogens is 488 g/mol. The van der Waals surface area contributed by atoms with Gasteiger partial charge in [0, 0.05) is 12.3 Å². The summed E-state index contributed by atoms with van der Waals surface area (Å²) >= 11 is 0. The zero-order valence-corrected chi connectivity index (χ0v) is 20.7. The Labute approximate surface area is 219 Å². The number of methoxy groups -OCH3 is 1. The molecule has 0 saturated carbocycles. The van der Waals surface area contributed by atoms with E-state index in [1.807, 2.05) is 48.5 Å². The molecule has 1 heterocycles. The highest BCUT2D eigenvalue weighted by Crippen LogP contribution is 2.44. The Hall–Kier alpha value is -4.37. The number of rotatable bonds is 7. The number of carbonyl (C=O) groups is 3. The SMILES string of the molecule is COC(=O)[C@H](Cc1ccc(O)cc1)N1C[C@H](O)[C@H](NC(=O)OCC2c3ccccc3-c3ccccc32)C1=O. The highest BCUT2D eigenvalue weighted by Gasteiger charge is 2.46. The number of alkyl carbamates (subject to hydrolysis) is 1. The Morgan fingerprint density at radius 3 is 2.21 bits per heavy atom. The first kappa shape index (κ1) is 25.3. The predicted octanol–water partition coefficient (Wildman–Crippen LogP) is 2.59. The lowest BCUT2D eigenvalue weighted by molar-refractivity contribution is -0.151. The first-order valence-corrected chi connectivity index (χ1v) is 12.3. The molecule has 0 aromatic heterocycles. The van der Waals surface area contributed by atoms with Crippen LogP contribution >= 0.6 is 0 Å². The summed E-state index contributed by atoms with van der Waals surface area (Å²) in [7, 11) is 1.22. The van der Waals surface area contributed by atoms with E-state index in [1.54, 1.807) is 12.1 Å². The van der Waals surface area contributed by atoms with Crippen molar-refractivity contribution in [2.75, 3.05) is 20.3 Å². The monoisotopic (exact) mass is 516 g/mol. The molecule has 5 rings (SSSR count). The van der Waals surface area contributed by atoms with Crippen LogP contribution in [0.25, 0.3) is 11.1 Å². The van der Waals surface area contributed by atoms with Crippen LogP contribution < -0.4 is 5.32 Å². The van der Waals surface area contributed by atoms with Gasteiger partial charge in [-0.05, 0) is 39.9 Å². The van der Waals surface area contributed by atoms with Crippen LogP contribution in [-0.4, -0.2) is 71.5 Å². The minimum Gasteiger partial charge on any atom is -0.508 e. The van der Waals surface area contributed by atoms with Crippen LogP contribution in [0.15, 0.2) is 72.8 Å². The molecule has 196 valence electrons. The molecule has 3 N–H and O–H groups in total. The van der Waals surface area contributed by atoms with Crippen molar-refractivity contribution in [3.63, 3.8) is 0 Å². The van der Waals surface area contributed by atoms with Gasteiger partial charge in [0.1, 0.15) is 30.5 Å². The smallest absolute Gasteiger partial charge is 0.407 e. The predicted molar refractivity (Wildman–Crippen MR) is 137 cm³/mol. The fraction of sp³-hybridized carbons (Fsp3) is 0.276. The molecular formula is C29H28N2O7. The maximum Gasteiger partial charge on any atom is 0.407 e. The first-order valence-electron chi connectivity index (χ1n) is 12.3. The second kappa shape index (κ2) is 10.5. The van der Waals surface area contributed by atoms with Gasteiger partial charge in [0.2, 0.25) is 5.91 Å². The molecule has 1 aliphatic carbocycles. The van der Waals surface area contributed by atoms with Crippen LogP contribution in [0.4, 0.5) is 4.79 Å². The molecule has 9 nitrogen and oxygen atoms in total. The quantitative estimate of drug-likeness (QED) is 0.412. The number of amides is 2. The van der Waals surface area contributed by atoms with Crippen LogP contribution in [0.2, 0.25) is 0 Å². The van der Waals surface area contributed by atoms with E-state index < -0.39 is 36.2 Å². The average Bonchev–Trinajstić information content (AvgIpc) is 3.40. The summed E-state index contributed by atoms with van der Waals surface area (Å²) in [6.45, 7) is -0.1000. The summed E-state index contributed by atoms with van der Waals surface area (Å²) in [4.78, 5) is 39.7. The molecule has 0 unspecified atom stereocenters. The fourth-order valence-electron chi connectivity index (χ4n) is 5.26. The number of phenolic OH excluding ortho intramolecular Hbond substituents is 1. The maximum absolute atomic E-state index is 13.2. The molecule has 0 spiro atoms. The van der Waals surface area contributed by atoms with E-state index in [0.717, 1.165) is 22.3 Å². The summed E-state index contributed by atoms with van der Waals surface area (Å²) in [5.74, 6) is -1.34. The number of fused-ring (bicyclic) bond motifs is 3. The van der Waals surface area contributed by atoms with E-state index in [4.69, 9.17) is 9.47 Å². The van der Waals surface area contributed by atoms with Crippen LogP contribution in [0.3, 0.4) is 0 Å². The molecule has 3 atom stereocenters. The van der Waals surface area contributed by atoms with Crippen LogP contribution in [-0.2, 0) is 25.5 Å². The number of benzene rings is 3. The fourth-order valence-corrected chi connectivity index (χ4v) is 5.26. The third-order valence-electron chi connectivity index (χ3n) is 7.15. The van der Waals surface area contributed by atoms with Crippen molar-refractivity contribution >= 4 is 18.0 Å². The zero-order valence-electron chi connectivity index (χ0n) is 20.7. The Kier molecular flexibility index (Phi) is 7.02. The standard InChI is InChI=1S/C29H28N2O7/c1-37-28(35)24(14-17-10-12-18(32)13-11-17)31-15-25(33)26(27(31)34)30-29(36)38-16-23-21-8-4-2-6-19(21)20-7-3-5-9-22(20)23/h2-13,23-26,32-33H,14-16H2,1H3,(H,30,36)/t24-,25-,26-/m0/s1. The van der Waals surface area contributed by atoms with Gasteiger partial charge in [0.25, 0.3) is 0 Å². The van der Waals surface area contributed by atoms with Crippen molar-refractivity contribution < 1.29 is 34.1 Å². The Morgan fingerprint density at radius 1 is 1.00 bits per heavy atom. The molecule has 3 aromatic rings. The number of nitrogens with zero attached hydrogens (tertiary/aromatic N) is 1. The third-order valence-corrected chi connectivity index (χ3v) is 7.15. The summed E-state index contributed by atoms with van der Waals surface area (Å²) in [6, 6.07) is 19.8. The number of aromatic hydroxyl groups is 1. The lowest BCUT2D eigenvalue weighted by atomic mass is 9.98. The molecule has 2 aliphatic rings. The Balaban J connectivity index is 1.25. The third kappa shape index (κ3) is 4.80. The van der Waals surface area contributed by atoms with Crippen LogP contribution in [0.5, 0.6) is 5.75 Å². The van der Waals surface area contributed by atoms with E-state index in [-0.39, 0.29) is 31.2 Å². The second-order valence-corrected chi connectivity index (χ2v) is 9.42. The number of aliphatic hydroxyl groups excluding tert-OH is 1. The largest absolute Gasteiger partial charge is 0.508 e.